The van der Waals surface area contributed by atoms with Crippen molar-refractivity contribution in [2.24, 2.45) is 5.92 Å². The number of hydrazine groups is 1. The summed E-state index contributed by atoms with van der Waals surface area (Å²) in [5, 5.41) is 5.34. The highest BCUT2D eigenvalue weighted by molar-refractivity contribution is 5.95. The monoisotopic (exact) mass is 416 g/mol. The SMILES string of the molecule is CCOC(=O)C1=C(COC(=O)CC2C(C)NNC2C)NC(=O)NC1c1ccccc1. The first-order chi connectivity index (χ1) is 14.4. The minimum atomic E-state index is -0.698. The summed E-state index contributed by atoms with van der Waals surface area (Å²) < 4.78 is 10.6. The van der Waals surface area contributed by atoms with Gasteiger partial charge in [0.1, 0.15) is 6.61 Å². The summed E-state index contributed by atoms with van der Waals surface area (Å²) in [6, 6.07) is 8.17. The Hall–Kier alpha value is -2.91. The molecule has 2 heterocycles. The molecule has 9 heteroatoms. The summed E-state index contributed by atoms with van der Waals surface area (Å²) in [5.41, 5.74) is 7.38. The van der Waals surface area contributed by atoms with Crippen molar-refractivity contribution < 1.29 is 23.9 Å². The molecule has 3 unspecified atom stereocenters. The highest BCUT2D eigenvalue weighted by atomic mass is 16.5. The molecule has 2 amide bonds. The van der Waals surface area contributed by atoms with Gasteiger partial charge in [0.15, 0.2) is 0 Å². The molecule has 1 saturated heterocycles. The fraction of sp³-hybridized carbons (Fsp3) is 0.476. The van der Waals surface area contributed by atoms with E-state index in [2.05, 4.69) is 21.5 Å². The molecule has 30 heavy (non-hydrogen) atoms. The summed E-state index contributed by atoms with van der Waals surface area (Å²) in [7, 11) is 0. The van der Waals surface area contributed by atoms with Crippen molar-refractivity contribution in [3.63, 3.8) is 0 Å². The first-order valence-corrected chi connectivity index (χ1v) is 10.1. The lowest BCUT2D eigenvalue weighted by Gasteiger charge is -2.29. The van der Waals surface area contributed by atoms with Gasteiger partial charge in [-0.3, -0.25) is 15.6 Å². The molecule has 0 aliphatic carbocycles. The molecule has 0 radical (unpaired) electrons. The van der Waals surface area contributed by atoms with Crippen LogP contribution in [0.5, 0.6) is 0 Å². The van der Waals surface area contributed by atoms with Gasteiger partial charge in [-0.05, 0) is 26.3 Å². The van der Waals surface area contributed by atoms with Gasteiger partial charge in [0.05, 0.1) is 30.3 Å². The standard InChI is InChI=1S/C21H28N4O5/c1-4-29-20(27)18-16(11-30-17(26)10-15-12(2)24-25-13(15)3)22-21(28)23-19(18)14-8-6-5-7-9-14/h5-9,12-13,15,19,24-25H,4,10-11H2,1-3H3,(H2,22,23,28). The summed E-state index contributed by atoms with van der Waals surface area (Å²) in [5.74, 6) is -0.893. The first kappa shape index (κ1) is 21.8. The van der Waals surface area contributed by atoms with Gasteiger partial charge in [-0.2, -0.15) is 0 Å². The van der Waals surface area contributed by atoms with Gasteiger partial charge < -0.3 is 20.1 Å². The quantitative estimate of drug-likeness (QED) is 0.495. The zero-order valence-electron chi connectivity index (χ0n) is 17.4. The van der Waals surface area contributed by atoms with Gasteiger partial charge in [0.2, 0.25) is 0 Å². The number of esters is 2. The zero-order valence-corrected chi connectivity index (χ0v) is 17.4. The average Bonchev–Trinajstić information content (AvgIpc) is 3.04. The number of nitrogens with one attached hydrogen (secondary N) is 4. The molecule has 9 nitrogen and oxygen atoms in total. The normalized spacial score (nSPS) is 26.0. The van der Waals surface area contributed by atoms with Crippen LogP contribution in [0, 0.1) is 5.92 Å². The van der Waals surface area contributed by atoms with Crippen LogP contribution < -0.4 is 21.5 Å². The molecular formula is C21H28N4O5. The van der Waals surface area contributed by atoms with Gasteiger partial charge in [-0.1, -0.05) is 30.3 Å². The van der Waals surface area contributed by atoms with E-state index in [4.69, 9.17) is 9.47 Å². The van der Waals surface area contributed by atoms with E-state index in [0.29, 0.717) is 0 Å². The Morgan fingerprint density at radius 1 is 1.03 bits per heavy atom. The molecule has 2 aliphatic rings. The lowest BCUT2D eigenvalue weighted by atomic mass is 9.93. The molecule has 1 fully saturated rings. The van der Waals surface area contributed by atoms with Crippen LogP contribution in [0.2, 0.25) is 0 Å². The van der Waals surface area contributed by atoms with Crippen molar-refractivity contribution >= 4 is 18.0 Å². The lowest BCUT2D eigenvalue weighted by molar-refractivity contribution is -0.144. The number of hydrogen-bond acceptors (Lipinski definition) is 7. The molecule has 1 aromatic carbocycles. The molecule has 2 aliphatic heterocycles. The zero-order chi connectivity index (χ0) is 21.7. The van der Waals surface area contributed by atoms with Crippen molar-refractivity contribution in [2.75, 3.05) is 13.2 Å². The van der Waals surface area contributed by atoms with E-state index < -0.39 is 24.0 Å². The topological polar surface area (TPSA) is 118 Å². The van der Waals surface area contributed by atoms with Crippen molar-refractivity contribution in [2.45, 2.75) is 45.3 Å². The van der Waals surface area contributed by atoms with Gasteiger partial charge in [0, 0.05) is 18.0 Å². The summed E-state index contributed by atoms with van der Waals surface area (Å²) in [6.07, 6.45) is 0.221. The van der Waals surface area contributed by atoms with Crippen molar-refractivity contribution in [3.8, 4) is 0 Å². The second-order valence-electron chi connectivity index (χ2n) is 7.45. The predicted octanol–water partition coefficient (Wildman–Crippen LogP) is 1.29. The number of hydrogen-bond donors (Lipinski definition) is 4. The molecule has 1 aromatic rings. The number of ether oxygens (including phenoxy) is 2. The second-order valence-corrected chi connectivity index (χ2v) is 7.45. The molecule has 3 atom stereocenters. The van der Waals surface area contributed by atoms with Crippen LogP contribution >= 0.6 is 0 Å². The van der Waals surface area contributed by atoms with Crippen LogP contribution in [-0.2, 0) is 19.1 Å². The van der Waals surface area contributed by atoms with Gasteiger partial charge >= 0.3 is 18.0 Å². The van der Waals surface area contributed by atoms with Crippen LogP contribution in [-0.4, -0.2) is 43.3 Å². The van der Waals surface area contributed by atoms with Crippen molar-refractivity contribution in [1.82, 2.24) is 21.5 Å². The summed E-state index contributed by atoms with van der Waals surface area (Å²) in [4.78, 5) is 37.3. The third-order valence-corrected chi connectivity index (χ3v) is 5.38. The Balaban J connectivity index is 1.79. The van der Waals surface area contributed by atoms with Crippen molar-refractivity contribution in [3.05, 3.63) is 47.2 Å². The molecule has 0 aromatic heterocycles. The molecule has 4 N–H and O–H groups in total. The molecule has 3 rings (SSSR count). The third-order valence-electron chi connectivity index (χ3n) is 5.38. The van der Waals surface area contributed by atoms with Crippen LogP contribution in [0.25, 0.3) is 0 Å². The van der Waals surface area contributed by atoms with Gasteiger partial charge in [-0.25, -0.2) is 9.59 Å². The smallest absolute Gasteiger partial charge is 0.338 e. The largest absolute Gasteiger partial charge is 0.463 e. The Labute approximate surface area is 175 Å². The average molecular weight is 416 g/mol. The van der Waals surface area contributed by atoms with Gasteiger partial charge in [0.25, 0.3) is 0 Å². The second kappa shape index (κ2) is 9.73. The van der Waals surface area contributed by atoms with E-state index in [9.17, 15) is 14.4 Å². The highest BCUT2D eigenvalue weighted by Gasteiger charge is 2.35. The highest BCUT2D eigenvalue weighted by Crippen LogP contribution is 2.28. The first-order valence-electron chi connectivity index (χ1n) is 10.1. The van der Waals surface area contributed by atoms with Gasteiger partial charge in [-0.15, -0.1) is 0 Å². The lowest BCUT2D eigenvalue weighted by Crippen LogP contribution is -2.47. The Kier molecular flexibility index (Phi) is 7.07. The number of urea groups is 1. The maximum absolute atomic E-state index is 12.7. The van der Waals surface area contributed by atoms with Crippen LogP contribution in [0.15, 0.2) is 41.6 Å². The minimum absolute atomic E-state index is 0.0793. The van der Waals surface area contributed by atoms with Crippen molar-refractivity contribution in [1.29, 1.82) is 0 Å². The van der Waals surface area contributed by atoms with E-state index in [1.165, 1.54) is 0 Å². The van der Waals surface area contributed by atoms with Crippen LogP contribution in [0.1, 0.15) is 38.8 Å². The fourth-order valence-corrected chi connectivity index (χ4v) is 3.74. The summed E-state index contributed by atoms with van der Waals surface area (Å²) in [6.45, 7) is 5.65. The maximum Gasteiger partial charge on any atom is 0.338 e. The Morgan fingerprint density at radius 2 is 1.70 bits per heavy atom. The van der Waals surface area contributed by atoms with E-state index >= 15 is 0 Å². The molecule has 162 valence electrons. The van der Waals surface area contributed by atoms with E-state index in [1.807, 2.05) is 44.2 Å². The predicted molar refractivity (Wildman–Crippen MR) is 109 cm³/mol. The molecular weight excluding hydrogens is 388 g/mol. The molecule has 0 saturated carbocycles. The minimum Gasteiger partial charge on any atom is -0.463 e. The number of carbonyl (C=O) groups excluding carboxylic acids is 3. The van der Waals surface area contributed by atoms with Crippen LogP contribution in [0.4, 0.5) is 4.79 Å². The third kappa shape index (κ3) is 4.98. The van der Waals surface area contributed by atoms with Crippen LogP contribution in [0.3, 0.4) is 0 Å². The Morgan fingerprint density at radius 3 is 2.33 bits per heavy atom. The van der Waals surface area contributed by atoms with E-state index in [1.54, 1.807) is 6.92 Å². The fourth-order valence-electron chi connectivity index (χ4n) is 3.74. The molecule has 0 bridgehead atoms. The molecule has 0 spiro atoms. The number of benzene rings is 1. The number of amides is 2. The number of rotatable bonds is 7. The van der Waals surface area contributed by atoms with E-state index in [-0.39, 0.29) is 48.9 Å². The van der Waals surface area contributed by atoms with E-state index in [0.717, 1.165) is 5.56 Å². The maximum atomic E-state index is 12.7. The number of carbonyl (C=O) groups is 3. The summed E-state index contributed by atoms with van der Waals surface area (Å²) >= 11 is 0. The Bertz CT molecular complexity index is 816.